The predicted octanol–water partition coefficient (Wildman–Crippen LogP) is 3.58. The van der Waals surface area contributed by atoms with Crippen molar-refractivity contribution < 1.29 is 0 Å². The van der Waals surface area contributed by atoms with Crippen molar-refractivity contribution >= 4 is 34.4 Å². The van der Waals surface area contributed by atoms with Crippen LogP contribution in [0.5, 0.6) is 0 Å². The van der Waals surface area contributed by atoms with Crippen LogP contribution < -0.4 is 10.7 Å². The van der Waals surface area contributed by atoms with E-state index in [2.05, 4.69) is 34.9 Å². The molecule has 0 aromatic carbocycles. The Morgan fingerprint density at radius 3 is 2.68 bits per heavy atom. The Morgan fingerprint density at radius 2 is 2.05 bits per heavy atom. The SMILES string of the molecule is C/C(=N/NC(=S)NC1CCCCC1)c1ccc(C)s1. The van der Waals surface area contributed by atoms with Gasteiger partial charge in [0.2, 0.25) is 0 Å². The standard InChI is InChI=1S/C14H21N3S2/c1-10-8-9-13(19-10)11(2)16-17-14(18)15-12-6-4-3-5-7-12/h8-9,12H,3-7H2,1-2H3,(H2,15,17,18)/b16-11-. The van der Waals surface area contributed by atoms with Crippen molar-refractivity contribution in [1.29, 1.82) is 0 Å². The van der Waals surface area contributed by atoms with Crippen LogP contribution in [0.4, 0.5) is 0 Å². The minimum absolute atomic E-state index is 0.522. The fourth-order valence-corrected chi connectivity index (χ4v) is 3.31. The highest BCUT2D eigenvalue weighted by molar-refractivity contribution is 7.80. The highest BCUT2D eigenvalue weighted by Crippen LogP contribution is 2.17. The molecule has 2 N–H and O–H groups in total. The average Bonchev–Trinajstić information content (AvgIpc) is 2.84. The third-order valence-corrected chi connectivity index (χ3v) is 4.68. The lowest BCUT2D eigenvalue weighted by atomic mass is 9.96. The molecule has 1 saturated carbocycles. The van der Waals surface area contributed by atoms with Crippen LogP contribution in [0.25, 0.3) is 0 Å². The number of aryl methyl sites for hydroxylation is 1. The Hall–Kier alpha value is -0.940. The zero-order valence-corrected chi connectivity index (χ0v) is 13.2. The molecule has 1 fully saturated rings. The van der Waals surface area contributed by atoms with Gasteiger partial charge in [-0.05, 0) is 51.0 Å². The molecule has 0 spiro atoms. The van der Waals surface area contributed by atoms with Gasteiger partial charge in [0.1, 0.15) is 0 Å². The van der Waals surface area contributed by atoms with Crippen molar-refractivity contribution in [1.82, 2.24) is 10.7 Å². The fraction of sp³-hybridized carbons (Fsp3) is 0.571. The van der Waals surface area contributed by atoms with Crippen molar-refractivity contribution in [2.45, 2.75) is 52.0 Å². The predicted molar refractivity (Wildman–Crippen MR) is 87.0 cm³/mol. The molecule has 0 aliphatic heterocycles. The van der Waals surface area contributed by atoms with Gasteiger partial charge in [-0.2, -0.15) is 5.10 Å². The maximum atomic E-state index is 5.28. The maximum absolute atomic E-state index is 5.28. The summed E-state index contributed by atoms with van der Waals surface area (Å²) in [7, 11) is 0. The summed E-state index contributed by atoms with van der Waals surface area (Å²) in [5.74, 6) is 0. The van der Waals surface area contributed by atoms with E-state index in [0.29, 0.717) is 11.2 Å². The number of nitrogens with zero attached hydrogens (tertiary/aromatic N) is 1. The monoisotopic (exact) mass is 295 g/mol. The van der Waals surface area contributed by atoms with Crippen LogP contribution in [-0.2, 0) is 0 Å². The Kier molecular flexibility index (Phi) is 5.34. The second kappa shape index (κ2) is 7.01. The largest absolute Gasteiger partial charge is 0.359 e. The summed E-state index contributed by atoms with van der Waals surface area (Å²) >= 11 is 7.03. The number of thiophene rings is 1. The Bertz CT molecular complexity index is 459. The molecule has 0 saturated heterocycles. The zero-order chi connectivity index (χ0) is 13.7. The first-order valence-electron chi connectivity index (χ1n) is 6.83. The van der Waals surface area contributed by atoms with Gasteiger partial charge in [0.15, 0.2) is 5.11 Å². The van der Waals surface area contributed by atoms with Gasteiger partial charge in [0, 0.05) is 10.9 Å². The first-order chi connectivity index (χ1) is 9.15. The second-order valence-electron chi connectivity index (χ2n) is 5.03. The van der Waals surface area contributed by atoms with Gasteiger partial charge in [0.25, 0.3) is 0 Å². The van der Waals surface area contributed by atoms with Crippen LogP contribution >= 0.6 is 23.6 Å². The maximum Gasteiger partial charge on any atom is 0.187 e. The molecule has 2 rings (SSSR count). The van der Waals surface area contributed by atoms with Gasteiger partial charge in [-0.1, -0.05) is 19.3 Å². The highest BCUT2D eigenvalue weighted by atomic mass is 32.1. The third kappa shape index (κ3) is 4.58. The van der Waals surface area contributed by atoms with E-state index in [1.165, 1.54) is 41.9 Å². The summed E-state index contributed by atoms with van der Waals surface area (Å²) in [6, 6.07) is 4.73. The molecule has 104 valence electrons. The molecule has 1 heterocycles. The minimum atomic E-state index is 0.522. The van der Waals surface area contributed by atoms with Crippen LogP contribution in [-0.4, -0.2) is 16.9 Å². The molecule has 5 heteroatoms. The van der Waals surface area contributed by atoms with Crippen molar-refractivity contribution in [3.8, 4) is 0 Å². The lowest BCUT2D eigenvalue weighted by Gasteiger charge is -2.23. The lowest BCUT2D eigenvalue weighted by Crippen LogP contribution is -2.41. The molecular weight excluding hydrogens is 274 g/mol. The van der Waals surface area contributed by atoms with Gasteiger partial charge < -0.3 is 5.32 Å². The molecule has 3 nitrogen and oxygen atoms in total. The molecule has 0 amide bonds. The minimum Gasteiger partial charge on any atom is -0.359 e. The molecular formula is C14H21N3S2. The van der Waals surface area contributed by atoms with Crippen LogP contribution in [0.1, 0.15) is 48.8 Å². The van der Waals surface area contributed by atoms with Crippen LogP contribution in [0.15, 0.2) is 17.2 Å². The smallest absolute Gasteiger partial charge is 0.187 e. The van der Waals surface area contributed by atoms with Gasteiger partial charge in [-0.15, -0.1) is 11.3 Å². The molecule has 0 unspecified atom stereocenters. The van der Waals surface area contributed by atoms with Crippen LogP contribution in [0.3, 0.4) is 0 Å². The van der Waals surface area contributed by atoms with Gasteiger partial charge in [-0.3, -0.25) is 5.43 Å². The van der Waals surface area contributed by atoms with Crippen LogP contribution in [0.2, 0.25) is 0 Å². The van der Waals surface area contributed by atoms with E-state index in [1.54, 1.807) is 11.3 Å². The molecule has 1 aromatic heterocycles. The fourth-order valence-electron chi connectivity index (χ4n) is 2.28. The summed E-state index contributed by atoms with van der Waals surface area (Å²) in [5, 5.41) is 8.33. The van der Waals surface area contributed by atoms with E-state index in [0.717, 1.165) is 5.71 Å². The first kappa shape index (κ1) is 14.5. The van der Waals surface area contributed by atoms with E-state index in [-0.39, 0.29) is 0 Å². The quantitative estimate of drug-likeness (QED) is 0.508. The van der Waals surface area contributed by atoms with Crippen LogP contribution in [0, 0.1) is 6.92 Å². The Labute approximate surface area is 124 Å². The van der Waals surface area contributed by atoms with Gasteiger partial charge in [0.05, 0.1) is 10.6 Å². The number of hydrogen-bond donors (Lipinski definition) is 2. The molecule has 1 aliphatic carbocycles. The molecule has 1 aromatic rings. The topological polar surface area (TPSA) is 36.4 Å². The molecule has 19 heavy (non-hydrogen) atoms. The number of rotatable bonds is 3. The average molecular weight is 295 g/mol. The molecule has 0 bridgehead atoms. The van der Waals surface area contributed by atoms with Gasteiger partial charge in [-0.25, -0.2) is 0 Å². The Morgan fingerprint density at radius 1 is 1.32 bits per heavy atom. The summed E-state index contributed by atoms with van der Waals surface area (Å²) in [4.78, 5) is 2.48. The molecule has 1 aliphatic rings. The van der Waals surface area contributed by atoms with E-state index in [9.17, 15) is 0 Å². The number of thiocarbonyl (C=S) groups is 1. The summed E-state index contributed by atoms with van der Waals surface area (Å²) in [6.45, 7) is 4.10. The van der Waals surface area contributed by atoms with Crippen molar-refractivity contribution in [3.05, 3.63) is 21.9 Å². The third-order valence-electron chi connectivity index (χ3n) is 3.36. The van der Waals surface area contributed by atoms with Crippen molar-refractivity contribution in [2.75, 3.05) is 0 Å². The Balaban J connectivity index is 1.81. The number of hydrazone groups is 1. The van der Waals surface area contributed by atoms with E-state index >= 15 is 0 Å². The first-order valence-corrected chi connectivity index (χ1v) is 8.05. The summed E-state index contributed by atoms with van der Waals surface area (Å²) in [5.41, 5.74) is 3.93. The van der Waals surface area contributed by atoms with E-state index in [1.807, 2.05) is 6.92 Å². The second-order valence-corrected chi connectivity index (χ2v) is 6.72. The van der Waals surface area contributed by atoms with Crippen molar-refractivity contribution in [3.63, 3.8) is 0 Å². The summed E-state index contributed by atoms with van der Waals surface area (Å²) in [6.07, 6.45) is 6.39. The van der Waals surface area contributed by atoms with Gasteiger partial charge >= 0.3 is 0 Å². The molecule has 0 atom stereocenters. The van der Waals surface area contributed by atoms with Crippen molar-refractivity contribution in [2.24, 2.45) is 5.10 Å². The summed E-state index contributed by atoms with van der Waals surface area (Å²) < 4.78 is 0. The number of hydrogen-bond acceptors (Lipinski definition) is 3. The normalized spacial score (nSPS) is 17.3. The zero-order valence-electron chi connectivity index (χ0n) is 11.5. The molecule has 0 radical (unpaired) electrons. The highest BCUT2D eigenvalue weighted by Gasteiger charge is 2.13. The van der Waals surface area contributed by atoms with E-state index in [4.69, 9.17) is 12.2 Å². The van der Waals surface area contributed by atoms with E-state index < -0.39 is 0 Å². The number of nitrogens with one attached hydrogen (secondary N) is 2. The lowest BCUT2D eigenvalue weighted by molar-refractivity contribution is 0.412.